The molecule has 4 heteroatoms. The van der Waals surface area contributed by atoms with Crippen LogP contribution in [0.25, 0.3) is 11.3 Å². The van der Waals surface area contributed by atoms with Gasteiger partial charge in [-0.1, -0.05) is 12.1 Å². The maximum atomic E-state index is 9.86. The van der Waals surface area contributed by atoms with Crippen molar-refractivity contribution in [2.75, 3.05) is 5.73 Å². The van der Waals surface area contributed by atoms with E-state index in [0.717, 1.165) is 22.4 Å². The lowest BCUT2D eigenvalue weighted by Gasteiger charge is -2.07. The Morgan fingerprint density at radius 2 is 2.00 bits per heavy atom. The summed E-state index contributed by atoms with van der Waals surface area (Å²) in [5.41, 5.74) is 9.13. The number of aryl methyl sites for hydroxylation is 2. The molecule has 1 aromatic carbocycles. The van der Waals surface area contributed by atoms with Gasteiger partial charge in [0.25, 0.3) is 0 Å². The number of hydrogen-bond donors (Lipinski definition) is 2. The topological polar surface area (TPSA) is 64.1 Å². The van der Waals surface area contributed by atoms with E-state index in [1.807, 2.05) is 26.0 Å². The Hall–Kier alpha value is -1.97. The van der Waals surface area contributed by atoms with Gasteiger partial charge < -0.3 is 10.8 Å². The molecule has 0 aliphatic rings. The maximum absolute atomic E-state index is 9.86. The Labute approximate surface area is 94.3 Å². The van der Waals surface area contributed by atoms with Gasteiger partial charge in [-0.05, 0) is 19.4 Å². The molecular formula is C12H15N3O. The minimum absolute atomic E-state index is 0.321. The Balaban J connectivity index is 2.61. The second kappa shape index (κ2) is 3.56. The monoisotopic (exact) mass is 217 g/mol. The number of aromatic nitrogens is 2. The highest BCUT2D eigenvalue weighted by Gasteiger charge is 2.11. The fourth-order valence-electron chi connectivity index (χ4n) is 1.73. The summed E-state index contributed by atoms with van der Waals surface area (Å²) in [4.78, 5) is 0. The third kappa shape index (κ3) is 1.52. The second-order valence-corrected chi connectivity index (χ2v) is 3.98. The lowest BCUT2D eigenvalue weighted by molar-refractivity contribution is 0.467. The van der Waals surface area contributed by atoms with Gasteiger partial charge in [0.1, 0.15) is 11.6 Å². The van der Waals surface area contributed by atoms with Crippen LogP contribution in [-0.2, 0) is 7.05 Å². The van der Waals surface area contributed by atoms with Gasteiger partial charge in [-0.2, -0.15) is 5.10 Å². The summed E-state index contributed by atoms with van der Waals surface area (Å²) >= 11 is 0. The Kier molecular flexibility index (Phi) is 2.34. The van der Waals surface area contributed by atoms with Crippen LogP contribution >= 0.6 is 0 Å². The van der Waals surface area contributed by atoms with Gasteiger partial charge in [-0.25, -0.2) is 0 Å². The second-order valence-electron chi connectivity index (χ2n) is 3.98. The van der Waals surface area contributed by atoms with Crippen molar-refractivity contribution in [3.05, 3.63) is 29.3 Å². The average molecular weight is 217 g/mol. The van der Waals surface area contributed by atoms with Gasteiger partial charge in [-0.3, -0.25) is 4.68 Å². The molecule has 0 aliphatic carbocycles. The normalized spacial score (nSPS) is 10.7. The first kappa shape index (κ1) is 10.5. The number of nitrogen functional groups attached to an aromatic ring is 1. The first-order chi connectivity index (χ1) is 7.50. The number of nitrogens with zero attached hydrogens (tertiary/aromatic N) is 2. The van der Waals surface area contributed by atoms with Crippen LogP contribution in [0.1, 0.15) is 11.1 Å². The minimum Gasteiger partial charge on any atom is -0.507 e. The van der Waals surface area contributed by atoms with E-state index < -0.39 is 0 Å². The van der Waals surface area contributed by atoms with Crippen molar-refractivity contribution in [2.45, 2.75) is 13.8 Å². The molecule has 0 unspecified atom stereocenters. The number of aromatic hydroxyl groups is 1. The molecular weight excluding hydrogens is 202 g/mol. The highest BCUT2D eigenvalue weighted by Crippen LogP contribution is 2.31. The number of nitrogens with two attached hydrogens (primary N) is 1. The van der Waals surface area contributed by atoms with Crippen molar-refractivity contribution in [3.8, 4) is 17.0 Å². The van der Waals surface area contributed by atoms with Crippen molar-refractivity contribution in [1.29, 1.82) is 0 Å². The molecule has 84 valence electrons. The van der Waals surface area contributed by atoms with E-state index in [1.165, 1.54) is 0 Å². The summed E-state index contributed by atoms with van der Waals surface area (Å²) in [6.07, 6.45) is 0. The molecule has 0 saturated heterocycles. The van der Waals surface area contributed by atoms with Crippen molar-refractivity contribution < 1.29 is 5.11 Å². The van der Waals surface area contributed by atoms with Crippen LogP contribution in [0.4, 0.5) is 5.82 Å². The van der Waals surface area contributed by atoms with E-state index in [9.17, 15) is 5.11 Å². The van der Waals surface area contributed by atoms with Crippen LogP contribution in [0.2, 0.25) is 0 Å². The lowest BCUT2D eigenvalue weighted by Crippen LogP contribution is -1.96. The van der Waals surface area contributed by atoms with Crippen molar-refractivity contribution in [3.63, 3.8) is 0 Å². The number of phenols is 1. The molecule has 0 radical (unpaired) electrons. The Morgan fingerprint density at radius 1 is 1.31 bits per heavy atom. The average Bonchev–Trinajstić information content (AvgIpc) is 2.56. The highest BCUT2D eigenvalue weighted by atomic mass is 16.3. The number of hydrogen-bond acceptors (Lipinski definition) is 3. The number of benzene rings is 1. The van der Waals surface area contributed by atoms with E-state index in [4.69, 9.17) is 5.73 Å². The number of anilines is 1. The summed E-state index contributed by atoms with van der Waals surface area (Å²) in [7, 11) is 1.79. The van der Waals surface area contributed by atoms with Crippen molar-refractivity contribution in [1.82, 2.24) is 9.78 Å². The number of phenolic OH excluding ortho intramolecular Hbond substituents is 1. The smallest absolute Gasteiger partial charge is 0.122 e. The first-order valence-electron chi connectivity index (χ1n) is 5.09. The number of rotatable bonds is 1. The van der Waals surface area contributed by atoms with E-state index >= 15 is 0 Å². The zero-order valence-electron chi connectivity index (χ0n) is 9.65. The molecule has 0 fully saturated rings. The Bertz CT molecular complexity index is 524. The van der Waals surface area contributed by atoms with Crippen LogP contribution in [0.5, 0.6) is 5.75 Å². The van der Waals surface area contributed by atoms with Gasteiger partial charge in [0.2, 0.25) is 0 Å². The van der Waals surface area contributed by atoms with Crippen LogP contribution in [-0.4, -0.2) is 14.9 Å². The van der Waals surface area contributed by atoms with Crippen LogP contribution < -0.4 is 5.73 Å². The molecule has 3 N–H and O–H groups in total. The van der Waals surface area contributed by atoms with Crippen molar-refractivity contribution >= 4 is 5.82 Å². The summed E-state index contributed by atoms with van der Waals surface area (Å²) < 4.78 is 1.62. The molecule has 4 nitrogen and oxygen atoms in total. The molecule has 1 aromatic heterocycles. The molecule has 0 saturated carbocycles. The van der Waals surface area contributed by atoms with Gasteiger partial charge in [0.15, 0.2) is 0 Å². The van der Waals surface area contributed by atoms with Crippen LogP contribution in [0.15, 0.2) is 18.2 Å². The predicted molar refractivity (Wildman–Crippen MR) is 64.2 cm³/mol. The minimum atomic E-state index is 0.321. The maximum Gasteiger partial charge on any atom is 0.122 e. The molecule has 2 rings (SSSR count). The zero-order chi connectivity index (χ0) is 11.9. The fourth-order valence-corrected chi connectivity index (χ4v) is 1.73. The molecule has 0 bridgehead atoms. The molecule has 0 atom stereocenters. The van der Waals surface area contributed by atoms with E-state index in [0.29, 0.717) is 11.6 Å². The predicted octanol–water partition coefficient (Wildman–Crippen LogP) is 1.99. The third-order valence-corrected chi connectivity index (χ3v) is 2.82. The van der Waals surface area contributed by atoms with E-state index in [-0.39, 0.29) is 0 Å². The summed E-state index contributed by atoms with van der Waals surface area (Å²) in [5.74, 6) is 0.927. The lowest BCUT2D eigenvalue weighted by atomic mass is 10.0. The van der Waals surface area contributed by atoms with Crippen molar-refractivity contribution in [2.24, 2.45) is 7.05 Å². The molecule has 0 spiro atoms. The van der Waals surface area contributed by atoms with Gasteiger partial charge in [0, 0.05) is 24.2 Å². The van der Waals surface area contributed by atoms with Crippen LogP contribution in [0.3, 0.4) is 0 Å². The molecule has 1 heterocycles. The summed E-state index contributed by atoms with van der Waals surface area (Å²) in [6, 6.07) is 5.63. The summed E-state index contributed by atoms with van der Waals surface area (Å²) in [5, 5.41) is 14.2. The quantitative estimate of drug-likeness (QED) is 0.767. The molecule has 2 aromatic rings. The van der Waals surface area contributed by atoms with E-state index in [2.05, 4.69) is 5.10 Å². The van der Waals surface area contributed by atoms with Gasteiger partial charge in [-0.15, -0.1) is 0 Å². The molecule has 0 aliphatic heterocycles. The van der Waals surface area contributed by atoms with Gasteiger partial charge >= 0.3 is 0 Å². The highest BCUT2D eigenvalue weighted by molar-refractivity contribution is 5.69. The SMILES string of the molecule is Cc1ccc(-c2cc(N)n(C)n2)c(C)c1O. The van der Waals surface area contributed by atoms with Crippen LogP contribution in [0, 0.1) is 13.8 Å². The third-order valence-electron chi connectivity index (χ3n) is 2.82. The van der Waals surface area contributed by atoms with Gasteiger partial charge in [0.05, 0.1) is 5.69 Å². The summed E-state index contributed by atoms with van der Waals surface area (Å²) in [6.45, 7) is 3.75. The van der Waals surface area contributed by atoms with E-state index in [1.54, 1.807) is 17.8 Å². The standard InChI is InChI=1S/C12H15N3O/c1-7-4-5-9(8(2)12(7)16)10-6-11(13)15(3)14-10/h4-6,16H,13H2,1-3H3. The molecule has 16 heavy (non-hydrogen) atoms. The molecule has 0 amide bonds. The largest absolute Gasteiger partial charge is 0.507 e. The fraction of sp³-hybridized carbons (Fsp3) is 0.250. The zero-order valence-corrected chi connectivity index (χ0v) is 9.65. The first-order valence-corrected chi connectivity index (χ1v) is 5.09. The Morgan fingerprint density at radius 3 is 2.56 bits per heavy atom.